The lowest BCUT2D eigenvalue weighted by molar-refractivity contribution is 0.669. The van der Waals surface area contributed by atoms with Gasteiger partial charge in [-0.3, -0.25) is 0 Å². The van der Waals surface area contributed by atoms with Crippen molar-refractivity contribution in [1.29, 1.82) is 0 Å². The van der Waals surface area contributed by atoms with Crippen LogP contribution in [0.4, 0.5) is 0 Å². The minimum atomic E-state index is -0.511. The van der Waals surface area contributed by atoms with Gasteiger partial charge in [0.05, 0.1) is 46.9 Å². The Bertz CT molecular complexity index is 9400. The molecular formula is C114H68N8O3S. The Morgan fingerprint density at radius 2 is 0.579 bits per heavy atom. The van der Waals surface area contributed by atoms with Crippen molar-refractivity contribution in [2.75, 3.05) is 0 Å². The topological polar surface area (TPSA) is 127 Å². The van der Waals surface area contributed by atoms with E-state index in [1.807, 2.05) is 200 Å². The van der Waals surface area contributed by atoms with Crippen LogP contribution in [0.15, 0.2) is 426 Å². The minimum Gasteiger partial charge on any atom is -0.455 e. The normalized spacial score (nSPS) is 12.9. The van der Waals surface area contributed by atoms with Gasteiger partial charge in [0.25, 0.3) is 0 Å². The number of hydrogen-bond donors (Lipinski definition) is 0. The molecule has 0 saturated carbocycles. The van der Waals surface area contributed by atoms with Crippen LogP contribution in [0.1, 0.15) is 13.7 Å². The molecule has 588 valence electrons. The summed E-state index contributed by atoms with van der Waals surface area (Å²) in [6.45, 7) is 0. The predicted octanol–water partition coefficient (Wildman–Crippen LogP) is 30.7. The van der Waals surface area contributed by atoms with E-state index in [9.17, 15) is 0 Å². The highest BCUT2D eigenvalue weighted by Gasteiger charge is 2.28. The summed E-state index contributed by atoms with van der Waals surface area (Å²) in [5.74, 6) is 1.67. The van der Waals surface area contributed by atoms with Gasteiger partial charge in [-0.15, -0.1) is 11.3 Å². The zero-order chi connectivity index (χ0) is 91.6. The number of rotatable bonds is 12. The maximum atomic E-state index is 9.08. The monoisotopic (exact) mass is 1640 g/mol. The van der Waals surface area contributed by atoms with E-state index in [0.29, 0.717) is 72.8 Å². The molecule has 0 fully saturated rings. The second-order valence-corrected chi connectivity index (χ2v) is 32.2. The molecule has 0 unspecified atom stereocenters. The minimum absolute atomic E-state index is 0.0803. The van der Waals surface area contributed by atoms with Gasteiger partial charge < -0.3 is 22.4 Å². The Morgan fingerprint density at radius 1 is 0.222 bits per heavy atom. The average Bonchev–Trinajstić information content (AvgIpc) is 1.56. The van der Waals surface area contributed by atoms with E-state index in [2.05, 4.69) is 149 Å². The van der Waals surface area contributed by atoms with Gasteiger partial charge in [-0.05, 0) is 124 Å². The Morgan fingerprint density at radius 3 is 1.13 bits per heavy atom. The Balaban J connectivity index is 0.000000145. The first-order valence-electron chi connectivity index (χ1n) is 46.4. The highest BCUT2D eigenvalue weighted by Crippen LogP contribution is 2.49. The second-order valence-electron chi connectivity index (χ2n) is 31.1. The molecule has 8 heterocycles. The van der Waals surface area contributed by atoms with Crippen LogP contribution in [0.25, 0.3) is 254 Å². The van der Waals surface area contributed by atoms with Crippen LogP contribution in [0, 0.1) is 0 Å². The number of benzene rings is 18. The lowest BCUT2D eigenvalue weighted by Gasteiger charge is -2.13. The fraction of sp³-hybridized carbons (Fsp3) is 0. The van der Waals surface area contributed by atoms with Crippen molar-refractivity contribution in [1.82, 2.24) is 39.0 Å². The van der Waals surface area contributed by atoms with E-state index in [4.69, 9.17) is 56.9 Å². The van der Waals surface area contributed by atoms with E-state index >= 15 is 0 Å². The summed E-state index contributed by atoms with van der Waals surface area (Å²) in [6, 6.07) is 114. The number of para-hydroxylation sites is 6. The summed E-state index contributed by atoms with van der Waals surface area (Å²) in [4.78, 5) is 30.9. The zero-order valence-electron chi connectivity index (χ0n) is 76.7. The van der Waals surface area contributed by atoms with E-state index in [-0.39, 0.29) is 40.7 Å². The van der Waals surface area contributed by atoms with Gasteiger partial charge in [-0.1, -0.05) is 327 Å². The summed E-state index contributed by atoms with van der Waals surface area (Å²) < 4.78 is 115. The summed E-state index contributed by atoms with van der Waals surface area (Å²) in [5, 5.41) is 11.8. The Hall–Kier alpha value is -16.8. The van der Waals surface area contributed by atoms with Crippen LogP contribution in [0.3, 0.4) is 0 Å². The van der Waals surface area contributed by atoms with Gasteiger partial charge in [-0.25, -0.2) is 29.9 Å². The highest BCUT2D eigenvalue weighted by atomic mass is 32.1. The van der Waals surface area contributed by atoms with E-state index < -0.39 is 48.3 Å². The molecule has 0 aliphatic rings. The van der Waals surface area contributed by atoms with Gasteiger partial charge in [0.1, 0.15) is 33.5 Å². The number of nitrogens with zero attached hydrogens (tertiary/aromatic N) is 8. The smallest absolute Gasteiger partial charge is 0.167 e. The van der Waals surface area contributed by atoms with Gasteiger partial charge in [0.2, 0.25) is 0 Å². The van der Waals surface area contributed by atoms with Crippen LogP contribution in [-0.2, 0) is 0 Å². The molecule has 11 nitrogen and oxygen atoms in total. The molecule has 0 amide bonds. The van der Waals surface area contributed by atoms with Crippen LogP contribution >= 0.6 is 11.3 Å². The molecule has 0 radical (unpaired) electrons. The molecule has 0 aliphatic carbocycles. The lowest BCUT2D eigenvalue weighted by Crippen LogP contribution is -2.02. The third-order valence-electron chi connectivity index (χ3n) is 23.9. The number of fused-ring (bicyclic) bond motifs is 18. The highest BCUT2D eigenvalue weighted by molar-refractivity contribution is 7.26. The van der Waals surface area contributed by atoms with Gasteiger partial charge in [0.15, 0.2) is 34.9 Å². The van der Waals surface area contributed by atoms with Crippen molar-refractivity contribution in [2.45, 2.75) is 0 Å². The van der Waals surface area contributed by atoms with Crippen molar-refractivity contribution < 1.29 is 27.0 Å². The van der Waals surface area contributed by atoms with Crippen LogP contribution in [0.5, 0.6) is 0 Å². The third-order valence-corrected chi connectivity index (χ3v) is 25.1. The largest absolute Gasteiger partial charge is 0.455 e. The third kappa shape index (κ3) is 12.0. The van der Waals surface area contributed by atoms with Crippen molar-refractivity contribution >= 4 is 141 Å². The van der Waals surface area contributed by atoms with Gasteiger partial charge >= 0.3 is 0 Å². The summed E-state index contributed by atoms with van der Waals surface area (Å²) >= 11 is 1.79. The molecule has 0 N–H and O–H groups in total. The Kier molecular flexibility index (Phi) is 14.6. The standard InChI is InChI=1S/C57H34N4O2.C57H34N4OS/c1-3-16-35(17-4-1)40-25-15-31-51-52(40)46-33-39(61-48-28-10-7-22-42(48)43-23-8-11-29-49(43)61)34-47(54(46)63-51)57-59-55(36-18-5-2-6-19-36)58-56(60-57)38-21-13-20-37(32-38)41-26-14-27-45-44-24-9-12-30-50(44)62-53(41)45;1-3-16-35(17-4-1)40-25-15-30-50-52(40)46-33-39(61-48-28-10-7-22-42(48)43-23-8-11-29-49(43)61)34-47(53(46)62-50)57-59-55(36-18-5-2-6-19-36)58-56(60-57)38-21-13-20-37(32-38)41-26-14-27-45-44-24-9-12-31-51(44)63-54(41)45/h2*1-34H/i2D,5D,6D,18D,19D;1D,3D,4D,16D,17D. The van der Waals surface area contributed by atoms with Crippen molar-refractivity contribution in [3.8, 4) is 124 Å². The summed E-state index contributed by atoms with van der Waals surface area (Å²) in [5.41, 5.74) is 18.9. The molecular weight excluding hydrogens is 1560 g/mol. The first-order valence-corrected chi connectivity index (χ1v) is 42.2. The predicted molar refractivity (Wildman–Crippen MR) is 517 cm³/mol. The fourth-order valence-corrected chi connectivity index (χ4v) is 19.5. The SMILES string of the molecule is [2H]c1c([2H])c([2H])c(-c2cccc3oc4c(-c5nc(-c6ccccc6)nc(-c6cccc(-c7cccc8c7sc7ccccc78)c6)n5)cc(-n5c6ccccc6c6ccccc65)cc4c23)c([2H])c1[2H].[2H]c1c([2H])c([2H])c(-c2nc(-c3cccc(-c4cccc5c4oc4ccccc45)c3)nc(-c3cc(-n4c5ccccc5c5ccccc54)cc4c3oc3cccc(-c5ccccc5)c34)n2)c([2H])c1[2H]. The molecule has 26 aromatic rings. The van der Waals surface area contributed by atoms with E-state index in [0.717, 1.165) is 132 Å². The Labute approximate surface area is 739 Å². The van der Waals surface area contributed by atoms with Gasteiger partial charge in [-0.2, -0.15) is 0 Å². The van der Waals surface area contributed by atoms with Crippen LogP contribution < -0.4 is 0 Å². The molecule has 0 spiro atoms. The molecule has 126 heavy (non-hydrogen) atoms. The molecule has 0 atom stereocenters. The second kappa shape index (κ2) is 29.5. The maximum absolute atomic E-state index is 9.08. The lowest BCUT2D eigenvalue weighted by atomic mass is 9.98. The molecule has 18 aromatic carbocycles. The van der Waals surface area contributed by atoms with Crippen molar-refractivity contribution in [2.24, 2.45) is 0 Å². The zero-order valence-corrected chi connectivity index (χ0v) is 67.5. The van der Waals surface area contributed by atoms with Crippen LogP contribution in [0.2, 0.25) is 0 Å². The van der Waals surface area contributed by atoms with Crippen LogP contribution in [-0.4, -0.2) is 39.0 Å². The molecule has 26 rings (SSSR count). The first-order chi connectivity index (χ1) is 66.6. The summed E-state index contributed by atoms with van der Waals surface area (Å²) in [6.07, 6.45) is 0. The summed E-state index contributed by atoms with van der Waals surface area (Å²) in [7, 11) is 0. The number of aromatic nitrogens is 8. The van der Waals surface area contributed by atoms with E-state index in [1.165, 1.54) is 20.2 Å². The molecule has 0 bridgehead atoms. The molecule has 12 heteroatoms. The fourth-order valence-electron chi connectivity index (χ4n) is 18.3. The average molecular weight is 1640 g/mol. The van der Waals surface area contributed by atoms with Crippen molar-refractivity contribution in [3.63, 3.8) is 0 Å². The molecule has 0 saturated heterocycles. The first kappa shape index (κ1) is 62.3. The number of furan rings is 3. The van der Waals surface area contributed by atoms with E-state index in [1.54, 1.807) is 23.5 Å². The number of thiophene rings is 1. The maximum Gasteiger partial charge on any atom is 0.167 e. The van der Waals surface area contributed by atoms with Gasteiger partial charge in [0, 0.05) is 113 Å². The number of hydrogen-bond acceptors (Lipinski definition) is 10. The quantitative estimate of drug-likeness (QED) is 0.117. The molecule has 8 aromatic heterocycles. The molecule has 0 aliphatic heterocycles. The van der Waals surface area contributed by atoms with Crippen molar-refractivity contribution in [3.05, 3.63) is 412 Å².